The van der Waals surface area contributed by atoms with Crippen molar-refractivity contribution in [3.8, 4) is 0 Å². The molecule has 0 aromatic rings. The van der Waals surface area contributed by atoms with Crippen molar-refractivity contribution in [2.24, 2.45) is 11.8 Å². The monoisotopic (exact) mass is 424 g/mol. The topological polar surface area (TPSA) is 84.1 Å². The van der Waals surface area contributed by atoms with Crippen molar-refractivity contribution in [1.82, 2.24) is 20.9 Å². The molecule has 3 N–H and O–H groups in total. The first-order chi connectivity index (χ1) is 14.7. The van der Waals surface area contributed by atoms with Gasteiger partial charge < -0.3 is 19.1 Å². The van der Waals surface area contributed by atoms with Gasteiger partial charge in [-0.05, 0) is 63.2 Å². The maximum absolute atomic E-state index is 12.4. The molecule has 8 nitrogen and oxygen atoms in total. The summed E-state index contributed by atoms with van der Waals surface area (Å²) >= 11 is 0. The number of methoxy groups -OCH3 is 1. The van der Waals surface area contributed by atoms with Crippen molar-refractivity contribution in [2.75, 3.05) is 46.5 Å². The average Bonchev–Trinajstić information content (AvgIpc) is 2.80. The summed E-state index contributed by atoms with van der Waals surface area (Å²) in [6, 6.07) is 0.375. The van der Waals surface area contributed by atoms with Crippen LogP contribution in [-0.4, -0.2) is 82.0 Å². The summed E-state index contributed by atoms with van der Waals surface area (Å²) in [5.74, 6) is 1.51. The number of rotatable bonds is 5. The molecule has 0 aromatic heterocycles. The maximum Gasteiger partial charge on any atom is 0.410 e. The molecule has 1 amide bonds. The quantitative estimate of drug-likeness (QED) is 0.619. The van der Waals surface area contributed by atoms with Gasteiger partial charge in [0.25, 0.3) is 0 Å². The van der Waals surface area contributed by atoms with Crippen molar-refractivity contribution < 1.29 is 19.0 Å². The minimum Gasteiger partial charge on any atom is -0.446 e. The van der Waals surface area contributed by atoms with Gasteiger partial charge in [0.05, 0.1) is 19.3 Å². The van der Waals surface area contributed by atoms with Crippen LogP contribution in [0.15, 0.2) is 0 Å². The number of amides is 1. The summed E-state index contributed by atoms with van der Waals surface area (Å²) in [7, 11) is 1.84. The molecule has 4 fully saturated rings. The van der Waals surface area contributed by atoms with Gasteiger partial charge in [0, 0.05) is 39.3 Å². The standard InChI is InChI=1S/C22H40N4O4/c1-28-19-7-5-16(6-8-19)17-14-23-21(24-15-17)25-18-3-2-4-20(13-18)30-22(27)26-9-11-29-12-10-26/h16-21,23-25H,2-15H2,1H3. The Hall–Kier alpha value is -0.930. The number of hydrogen-bond donors (Lipinski definition) is 3. The highest BCUT2D eigenvalue weighted by molar-refractivity contribution is 5.67. The molecule has 4 rings (SSSR count). The van der Waals surface area contributed by atoms with Crippen LogP contribution in [-0.2, 0) is 14.2 Å². The molecule has 0 radical (unpaired) electrons. The lowest BCUT2D eigenvalue weighted by Crippen LogP contribution is -2.63. The largest absolute Gasteiger partial charge is 0.446 e. The van der Waals surface area contributed by atoms with Crippen molar-refractivity contribution >= 4 is 6.09 Å². The smallest absolute Gasteiger partial charge is 0.410 e. The van der Waals surface area contributed by atoms with E-state index in [1.54, 1.807) is 4.90 Å². The van der Waals surface area contributed by atoms with Crippen LogP contribution in [0.25, 0.3) is 0 Å². The molecule has 0 spiro atoms. The van der Waals surface area contributed by atoms with Crippen molar-refractivity contribution in [3.05, 3.63) is 0 Å². The van der Waals surface area contributed by atoms with Crippen LogP contribution in [0.4, 0.5) is 4.79 Å². The zero-order chi connectivity index (χ0) is 20.8. The first kappa shape index (κ1) is 22.3. The molecule has 2 heterocycles. The van der Waals surface area contributed by atoms with Gasteiger partial charge in [-0.1, -0.05) is 0 Å². The fourth-order valence-corrected chi connectivity index (χ4v) is 5.53. The van der Waals surface area contributed by atoms with Gasteiger partial charge in [0.2, 0.25) is 0 Å². The number of ether oxygens (including phenoxy) is 3. The Morgan fingerprint density at radius 3 is 2.40 bits per heavy atom. The Bertz CT molecular complexity index is 529. The summed E-state index contributed by atoms with van der Waals surface area (Å²) in [5, 5.41) is 11.0. The second-order valence-corrected chi connectivity index (χ2v) is 9.42. The molecule has 2 aliphatic heterocycles. The van der Waals surface area contributed by atoms with Crippen LogP contribution < -0.4 is 16.0 Å². The first-order valence-electron chi connectivity index (χ1n) is 12.0. The zero-order valence-electron chi connectivity index (χ0n) is 18.4. The Kier molecular flexibility index (Phi) is 8.23. The van der Waals surface area contributed by atoms with Gasteiger partial charge in [0.15, 0.2) is 0 Å². The average molecular weight is 425 g/mol. The van der Waals surface area contributed by atoms with E-state index in [1.807, 2.05) is 7.11 Å². The summed E-state index contributed by atoms with van der Waals surface area (Å²) in [6.45, 7) is 4.62. The van der Waals surface area contributed by atoms with E-state index in [0.29, 0.717) is 44.4 Å². The SMILES string of the molecule is COC1CCC(C2CNC(NC3CCCC(OC(=O)N4CCOCC4)C3)NC2)CC1. The van der Waals surface area contributed by atoms with Crippen LogP contribution >= 0.6 is 0 Å². The Morgan fingerprint density at radius 1 is 0.967 bits per heavy atom. The van der Waals surface area contributed by atoms with E-state index < -0.39 is 0 Å². The predicted octanol–water partition coefficient (Wildman–Crippen LogP) is 1.65. The van der Waals surface area contributed by atoms with Crippen LogP contribution in [0.3, 0.4) is 0 Å². The zero-order valence-corrected chi connectivity index (χ0v) is 18.4. The molecular formula is C22H40N4O4. The fraction of sp³-hybridized carbons (Fsp3) is 0.955. The molecule has 30 heavy (non-hydrogen) atoms. The van der Waals surface area contributed by atoms with Gasteiger partial charge in [-0.3, -0.25) is 16.0 Å². The molecule has 8 heteroatoms. The van der Waals surface area contributed by atoms with Crippen LogP contribution in [0, 0.1) is 11.8 Å². The second kappa shape index (κ2) is 11.1. The summed E-state index contributed by atoms with van der Waals surface area (Å²) in [5.41, 5.74) is 0. The predicted molar refractivity (Wildman–Crippen MR) is 114 cm³/mol. The first-order valence-corrected chi connectivity index (χ1v) is 12.0. The lowest BCUT2D eigenvalue weighted by Gasteiger charge is -2.40. The number of morpholine rings is 1. The number of carbonyl (C=O) groups is 1. The Balaban J connectivity index is 1.16. The summed E-state index contributed by atoms with van der Waals surface area (Å²) in [4.78, 5) is 14.2. The van der Waals surface area contributed by atoms with E-state index in [2.05, 4.69) is 16.0 Å². The molecule has 2 saturated carbocycles. The van der Waals surface area contributed by atoms with Crippen molar-refractivity contribution in [2.45, 2.75) is 75.9 Å². The molecule has 0 bridgehead atoms. The molecule has 2 saturated heterocycles. The fourth-order valence-electron chi connectivity index (χ4n) is 5.53. The van der Waals surface area contributed by atoms with Gasteiger partial charge in [-0.25, -0.2) is 4.79 Å². The molecule has 4 aliphatic rings. The van der Waals surface area contributed by atoms with E-state index in [9.17, 15) is 4.79 Å². The van der Waals surface area contributed by atoms with Gasteiger partial charge in [-0.15, -0.1) is 0 Å². The molecule has 2 unspecified atom stereocenters. The third-order valence-corrected chi connectivity index (χ3v) is 7.45. The van der Waals surface area contributed by atoms with E-state index in [0.717, 1.165) is 44.7 Å². The van der Waals surface area contributed by atoms with Crippen molar-refractivity contribution in [3.63, 3.8) is 0 Å². The Morgan fingerprint density at radius 2 is 1.70 bits per heavy atom. The van der Waals surface area contributed by atoms with Crippen LogP contribution in [0.1, 0.15) is 51.4 Å². The number of carbonyl (C=O) groups excluding carboxylic acids is 1. The highest BCUT2D eigenvalue weighted by Crippen LogP contribution is 2.32. The maximum atomic E-state index is 12.4. The molecule has 0 aromatic carbocycles. The normalized spacial score (nSPS) is 38.2. The number of hydrogen-bond acceptors (Lipinski definition) is 7. The van der Waals surface area contributed by atoms with Gasteiger partial charge >= 0.3 is 6.09 Å². The highest BCUT2D eigenvalue weighted by atomic mass is 16.6. The molecule has 172 valence electrons. The molecular weight excluding hydrogens is 384 g/mol. The Labute approximate surface area is 180 Å². The molecule has 2 aliphatic carbocycles. The lowest BCUT2D eigenvalue weighted by atomic mass is 9.78. The highest BCUT2D eigenvalue weighted by Gasteiger charge is 2.32. The minimum absolute atomic E-state index is 0.0129. The van der Waals surface area contributed by atoms with E-state index in [1.165, 1.54) is 25.7 Å². The number of nitrogens with one attached hydrogen (secondary N) is 3. The second-order valence-electron chi connectivity index (χ2n) is 9.42. The third-order valence-electron chi connectivity index (χ3n) is 7.45. The minimum atomic E-state index is -0.177. The van der Waals surface area contributed by atoms with Crippen molar-refractivity contribution in [1.29, 1.82) is 0 Å². The van der Waals surface area contributed by atoms with E-state index in [-0.39, 0.29) is 18.5 Å². The lowest BCUT2D eigenvalue weighted by molar-refractivity contribution is 0.00140. The van der Waals surface area contributed by atoms with Gasteiger partial charge in [0.1, 0.15) is 12.4 Å². The number of nitrogens with zero attached hydrogens (tertiary/aromatic N) is 1. The van der Waals surface area contributed by atoms with E-state index in [4.69, 9.17) is 14.2 Å². The van der Waals surface area contributed by atoms with Gasteiger partial charge in [-0.2, -0.15) is 0 Å². The van der Waals surface area contributed by atoms with E-state index >= 15 is 0 Å². The third kappa shape index (κ3) is 6.07. The summed E-state index contributed by atoms with van der Waals surface area (Å²) in [6.07, 6.45) is 9.50. The van der Waals surface area contributed by atoms with Crippen LogP contribution in [0.5, 0.6) is 0 Å². The van der Waals surface area contributed by atoms with Crippen LogP contribution in [0.2, 0.25) is 0 Å². The molecule has 2 atom stereocenters. The summed E-state index contributed by atoms with van der Waals surface area (Å²) < 4.78 is 16.6.